The third-order valence-electron chi connectivity index (χ3n) is 8.05. The molecule has 0 unspecified atom stereocenters. The summed E-state index contributed by atoms with van der Waals surface area (Å²) in [6.45, 7) is 5.26. The molecule has 1 fully saturated rings. The molecular weight excluding hydrogens is 540 g/mol. The normalized spacial score (nSPS) is 16.8. The Hall–Kier alpha value is -4.20. The lowest BCUT2D eigenvalue weighted by Crippen LogP contribution is -2.29. The number of hydrogen-bond donors (Lipinski definition) is 3. The van der Waals surface area contributed by atoms with Crippen molar-refractivity contribution in [2.45, 2.75) is 45.2 Å². The van der Waals surface area contributed by atoms with E-state index in [1.807, 2.05) is 65.4 Å². The van der Waals surface area contributed by atoms with Crippen molar-refractivity contribution in [3.8, 4) is 0 Å². The van der Waals surface area contributed by atoms with Crippen molar-refractivity contribution in [3.63, 3.8) is 0 Å². The number of hydrogen-bond acceptors (Lipinski definition) is 5. The number of carbonyl (C=O) groups is 2. The van der Waals surface area contributed by atoms with E-state index in [2.05, 4.69) is 46.0 Å². The molecule has 3 heterocycles. The van der Waals surface area contributed by atoms with E-state index in [-0.39, 0.29) is 17.9 Å². The zero-order valence-corrected chi connectivity index (χ0v) is 24.7. The highest BCUT2D eigenvalue weighted by atomic mass is 32.1. The summed E-state index contributed by atoms with van der Waals surface area (Å²) in [6.07, 6.45) is 4.60. The minimum atomic E-state index is -0.184. The molecule has 1 atom stereocenters. The minimum Gasteiger partial charge on any atom is -0.354 e. The van der Waals surface area contributed by atoms with Crippen LogP contribution in [0.15, 0.2) is 89.6 Å². The quantitative estimate of drug-likeness (QED) is 0.180. The van der Waals surface area contributed by atoms with Gasteiger partial charge in [-0.15, -0.1) is 0 Å². The molecule has 2 aliphatic heterocycles. The SMILES string of the molecule is CC[C@@H](NC(=O)c1ccc2c(c1)C(=C(Nc1cccc(CN3CCCCC3)c1)c1ccsc1)C(=O)N2)c1ccccc1. The van der Waals surface area contributed by atoms with Crippen LogP contribution in [-0.4, -0.2) is 29.8 Å². The monoisotopic (exact) mass is 576 g/mol. The number of rotatable bonds is 9. The third-order valence-corrected chi connectivity index (χ3v) is 8.74. The van der Waals surface area contributed by atoms with Gasteiger partial charge in [0.25, 0.3) is 11.8 Å². The van der Waals surface area contributed by atoms with Crippen molar-refractivity contribution in [2.24, 2.45) is 0 Å². The van der Waals surface area contributed by atoms with Gasteiger partial charge in [-0.2, -0.15) is 11.3 Å². The van der Waals surface area contributed by atoms with Crippen LogP contribution in [0.3, 0.4) is 0 Å². The summed E-state index contributed by atoms with van der Waals surface area (Å²) in [5, 5.41) is 13.8. The van der Waals surface area contributed by atoms with Gasteiger partial charge in [-0.1, -0.05) is 55.8 Å². The average Bonchev–Trinajstić information content (AvgIpc) is 3.67. The van der Waals surface area contributed by atoms with E-state index in [1.54, 1.807) is 17.4 Å². The number of anilines is 2. The Morgan fingerprint density at radius 1 is 0.952 bits per heavy atom. The molecule has 3 aromatic carbocycles. The van der Waals surface area contributed by atoms with Gasteiger partial charge in [0, 0.05) is 40.0 Å². The molecular formula is C35H36N4O2S. The number of benzene rings is 3. The lowest BCUT2D eigenvalue weighted by atomic mass is 9.98. The predicted octanol–water partition coefficient (Wildman–Crippen LogP) is 7.55. The van der Waals surface area contributed by atoms with E-state index in [4.69, 9.17) is 0 Å². The molecule has 3 N–H and O–H groups in total. The van der Waals surface area contributed by atoms with Crippen molar-refractivity contribution in [3.05, 3.63) is 117 Å². The number of nitrogens with zero attached hydrogens (tertiary/aromatic N) is 1. The molecule has 42 heavy (non-hydrogen) atoms. The fourth-order valence-corrected chi connectivity index (χ4v) is 6.50. The van der Waals surface area contributed by atoms with Crippen molar-refractivity contribution >= 4 is 45.8 Å². The van der Waals surface area contributed by atoms with Gasteiger partial charge in [-0.05, 0) is 85.3 Å². The van der Waals surface area contributed by atoms with Crippen LogP contribution in [0.25, 0.3) is 11.3 Å². The lowest BCUT2D eigenvalue weighted by molar-refractivity contribution is -0.110. The van der Waals surface area contributed by atoms with Crippen molar-refractivity contribution < 1.29 is 9.59 Å². The number of amides is 2. The molecule has 0 spiro atoms. The van der Waals surface area contributed by atoms with Crippen molar-refractivity contribution in [2.75, 3.05) is 23.7 Å². The fourth-order valence-electron chi connectivity index (χ4n) is 5.86. The average molecular weight is 577 g/mol. The standard InChI is InChI=1S/C35H36N4O2S/c1-2-30(25-11-5-3-6-12-25)37-34(40)26-14-15-31-29(21-26)32(35(41)38-31)33(27-16-19-42-23-27)36-28-13-9-10-24(20-28)22-39-17-7-4-8-18-39/h3,5-6,9-16,19-21,23,30,36H,2,4,7-8,17-18,22H2,1H3,(H,37,40)(H,38,41)/t30-/m1/s1. The van der Waals surface area contributed by atoms with Crippen LogP contribution in [0.1, 0.15) is 71.3 Å². The second kappa shape index (κ2) is 12.8. The fraction of sp³-hybridized carbons (Fsp3) is 0.257. The van der Waals surface area contributed by atoms with Gasteiger partial charge in [-0.25, -0.2) is 0 Å². The van der Waals surface area contributed by atoms with Crippen LogP contribution in [0.2, 0.25) is 0 Å². The van der Waals surface area contributed by atoms with Gasteiger partial charge < -0.3 is 16.0 Å². The van der Waals surface area contributed by atoms with E-state index in [0.717, 1.165) is 54.1 Å². The van der Waals surface area contributed by atoms with Crippen LogP contribution in [-0.2, 0) is 11.3 Å². The number of nitrogens with one attached hydrogen (secondary N) is 3. The highest BCUT2D eigenvalue weighted by Gasteiger charge is 2.30. The van der Waals surface area contributed by atoms with E-state index >= 15 is 0 Å². The van der Waals surface area contributed by atoms with Gasteiger partial charge in [-0.3, -0.25) is 14.5 Å². The first-order chi connectivity index (χ1) is 20.6. The molecule has 1 aromatic heterocycles. The third kappa shape index (κ3) is 6.17. The predicted molar refractivity (Wildman–Crippen MR) is 172 cm³/mol. The highest BCUT2D eigenvalue weighted by Crippen LogP contribution is 2.39. The molecule has 2 aliphatic rings. The largest absolute Gasteiger partial charge is 0.354 e. The zero-order valence-electron chi connectivity index (χ0n) is 23.9. The highest BCUT2D eigenvalue weighted by molar-refractivity contribution is 7.08. The summed E-state index contributed by atoms with van der Waals surface area (Å²) >= 11 is 1.58. The number of piperidine rings is 1. The Labute approximate surface area is 251 Å². The summed E-state index contributed by atoms with van der Waals surface area (Å²) in [5.74, 6) is -0.348. The number of fused-ring (bicyclic) bond motifs is 1. The number of thiophene rings is 1. The van der Waals surface area contributed by atoms with E-state index < -0.39 is 0 Å². The maximum atomic E-state index is 13.5. The van der Waals surface area contributed by atoms with Gasteiger partial charge in [0.2, 0.25) is 0 Å². The Balaban J connectivity index is 1.32. The first-order valence-corrected chi connectivity index (χ1v) is 15.7. The maximum Gasteiger partial charge on any atom is 0.258 e. The Morgan fingerprint density at radius 2 is 1.79 bits per heavy atom. The molecule has 2 amide bonds. The second-order valence-electron chi connectivity index (χ2n) is 11.0. The Kier molecular flexibility index (Phi) is 8.49. The first kappa shape index (κ1) is 27.9. The molecule has 0 aliphatic carbocycles. The molecule has 6 rings (SSSR count). The summed E-state index contributed by atoms with van der Waals surface area (Å²) in [6, 6.07) is 25.8. The second-order valence-corrected chi connectivity index (χ2v) is 11.8. The number of likely N-dealkylation sites (tertiary alicyclic amines) is 1. The van der Waals surface area contributed by atoms with Gasteiger partial charge in [0.15, 0.2) is 0 Å². The summed E-state index contributed by atoms with van der Waals surface area (Å²) in [7, 11) is 0. The van der Waals surface area contributed by atoms with E-state index in [9.17, 15) is 9.59 Å². The van der Waals surface area contributed by atoms with Crippen LogP contribution in [0, 0.1) is 0 Å². The van der Waals surface area contributed by atoms with Crippen LogP contribution >= 0.6 is 11.3 Å². The molecule has 4 aromatic rings. The van der Waals surface area contributed by atoms with Crippen molar-refractivity contribution in [1.29, 1.82) is 0 Å². The smallest absolute Gasteiger partial charge is 0.258 e. The summed E-state index contributed by atoms with van der Waals surface area (Å²) in [4.78, 5) is 29.4. The molecule has 214 valence electrons. The van der Waals surface area contributed by atoms with Crippen molar-refractivity contribution in [1.82, 2.24) is 10.2 Å². The van der Waals surface area contributed by atoms with Crippen LogP contribution < -0.4 is 16.0 Å². The first-order valence-electron chi connectivity index (χ1n) is 14.8. The minimum absolute atomic E-state index is 0.0954. The molecule has 0 bridgehead atoms. The Morgan fingerprint density at radius 3 is 2.55 bits per heavy atom. The molecule has 0 radical (unpaired) electrons. The van der Waals surface area contributed by atoms with Gasteiger partial charge in [0.1, 0.15) is 0 Å². The number of carbonyl (C=O) groups excluding carboxylic acids is 2. The van der Waals surface area contributed by atoms with E-state index in [1.165, 1.54) is 24.8 Å². The zero-order chi connectivity index (χ0) is 28.9. The lowest BCUT2D eigenvalue weighted by Gasteiger charge is -2.26. The molecule has 7 heteroatoms. The van der Waals surface area contributed by atoms with Crippen LogP contribution in [0.4, 0.5) is 11.4 Å². The van der Waals surface area contributed by atoms with Gasteiger partial charge >= 0.3 is 0 Å². The topological polar surface area (TPSA) is 73.5 Å². The summed E-state index contributed by atoms with van der Waals surface area (Å²) in [5.41, 5.74) is 7.39. The Bertz CT molecular complexity index is 1590. The van der Waals surface area contributed by atoms with Crippen LogP contribution in [0.5, 0.6) is 0 Å². The molecule has 1 saturated heterocycles. The van der Waals surface area contributed by atoms with E-state index in [0.29, 0.717) is 16.8 Å². The molecule has 0 saturated carbocycles. The summed E-state index contributed by atoms with van der Waals surface area (Å²) < 4.78 is 0. The van der Waals surface area contributed by atoms with Gasteiger partial charge in [0.05, 0.1) is 17.3 Å². The molecule has 6 nitrogen and oxygen atoms in total. The maximum absolute atomic E-state index is 13.5.